The van der Waals surface area contributed by atoms with Gasteiger partial charge in [-0.25, -0.2) is 8.86 Å². The fraction of sp³-hybridized carbons (Fsp3) is 0.765. The van der Waals surface area contributed by atoms with Gasteiger partial charge in [0.15, 0.2) is 11.2 Å². The van der Waals surface area contributed by atoms with Crippen molar-refractivity contribution in [2.45, 2.75) is 45.4 Å². The van der Waals surface area contributed by atoms with Gasteiger partial charge in [-0.2, -0.15) is 13.5 Å². The fourth-order valence-corrected chi connectivity index (χ4v) is 3.48. The van der Waals surface area contributed by atoms with Crippen LogP contribution >= 0.6 is 0 Å². The van der Waals surface area contributed by atoms with Crippen molar-refractivity contribution in [2.24, 2.45) is 15.5 Å². The number of rotatable bonds is 12. The van der Waals surface area contributed by atoms with Gasteiger partial charge in [0.05, 0.1) is 45.1 Å². The first-order chi connectivity index (χ1) is 15.0. The summed E-state index contributed by atoms with van der Waals surface area (Å²) in [4.78, 5) is 2.14. The summed E-state index contributed by atoms with van der Waals surface area (Å²) in [7, 11) is -4.47. The largest absolute Gasteiger partial charge is 0.397 e. The Morgan fingerprint density at radius 1 is 1.31 bits per heavy atom. The normalized spacial score (nSPS) is 18.8. The standard InChI is InChI=1S/C17H29N9O5S/c1-17(2,3)26-13-16(20-26)10-23(8-14-11-24(4-6-27)21-18-14)9-15-12-25(22-19-15)5-7-31-32(28,29)30/h11,13,15,27H,4-10,12H2,1-3H3/p+1. The minimum atomic E-state index is -4.47. The van der Waals surface area contributed by atoms with Crippen LogP contribution in [0, 0.1) is 0 Å². The van der Waals surface area contributed by atoms with Crippen LogP contribution in [-0.4, -0.2) is 98.7 Å². The lowest BCUT2D eigenvalue weighted by atomic mass is 10.1. The van der Waals surface area contributed by atoms with Gasteiger partial charge in [0, 0.05) is 45.2 Å². The maximum atomic E-state index is 10.7. The molecule has 2 N–H and O–H groups in total. The Morgan fingerprint density at radius 2 is 2.06 bits per heavy atom. The molecule has 14 nitrogen and oxygen atoms in total. The molecule has 1 atom stereocenters. The van der Waals surface area contributed by atoms with E-state index in [-0.39, 0.29) is 31.3 Å². The molecule has 0 saturated heterocycles. The van der Waals surface area contributed by atoms with E-state index in [1.54, 1.807) is 15.9 Å². The second-order valence-electron chi connectivity index (χ2n) is 8.62. The van der Waals surface area contributed by atoms with E-state index >= 15 is 0 Å². The molecule has 0 aliphatic carbocycles. The lowest BCUT2D eigenvalue weighted by Gasteiger charge is -2.25. The van der Waals surface area contributed by atoms with Crippen LogP contribution in [0.2, 0.25) is 0 Å². The molecule has 1 aromatic rings. The van der Waals surface area contributed by atoms with Crippen LogP contribution in [0.15, 0.2) is 33.5 Å². The Morgan fingerprint density at radius 3 is 2.72 bits per heavy atom. The molecule has 2 aliphatic heterocycles. The van der Waals surface area contributed by atoms with Crippen LogP contribution in [0.25, 0.3) is 0 Å². The molecule has 0 aromatic carbocycles. The van der Waals surface area contributed by atoms with E-state index in [1.807, 2.05) is 10.9 Å². The number of nitrogens with zero attached hydrogens (tertiary/aromatic N) is 9. The number of aliphatic hydroxyl groups excluding tert-OH is 1. The summed E-state index contributed by atoms with van der Waals surface area (Å²) >= 11 is 0. The molecule has 0 amide bonds. The lowest BCUT2D eigenvalue weighted by Crippen LogP contribution is -2.38. The van der Waals surface area contributed by atoms with Gasteiger partial charge in [0.2, 0.25) is 6.20 Å². The Kier molecular flexibility index (Phi) is 7.66. The number of hydrogen-bond donors (Lipinski definition) is 2. The highest BCUT2D eigenvalue weighted by atomic mass is 32.3. The molecule has 3 rings (SSSR count). The molecule has 0 saturated carbocycles. The number of hydrogen-bond acceptors (Lipinski definition) is 11. The zero-order valence-corrected chi connectivity index (χ0v) is 19.3. The Labute approximate surface area is 186 Å². The van der Waals surface area contributed by atoms with E-state index < -0.39 is 10.4 Å². The highest BCUT2D eigenvalue weighted by Crippen LogP contribution is 2.21. The van der Waals surface area contributed by atoms with Crippen LogP contribution in [0.5, 0.6) is 0 Å². The van der Waals surface area contributed by atoms with Gasteiger partial charge in [-0.15, -0.1) is 5.10 Å². The van der Waals surface area contributed by atoms with Crippen molar-refractivity contribution in [1.29, 1.82) is 0 Å². The first-order valence-corrected chi connectivity index (χ1v) is 11.6. The van der Waals surface area contributed by atoms with Gasteiger partial charge in [0.25, 0.3) is 0 Å². The summed E-state index contributed by atoms with van der Waals surface area (Å²) < 4.78 is 37.8. The molecule has 0 fully saturated rings. The van der Waals surface area contributed by atoms with Crippen molar-refractivity contribution < 1.29 is 27.0 Å². The van der Waals surface area contributed by atoms with Crippen LogP contribution < -0.4 is 0 Å². The molecule has 32 heavy (non-hydrogen) atoms. The highest BCUT2D eigenvalue weighted by Gasteiger charge is 2.33. The Hall–Kier alpha value is -2.33. The molecule has 0 radical (unpaired) electrons. The zero-order valence-electron chi connectivity index (χ0n) is 18.4. The van der Waals surface area contributed by atoms with Gasteiger partial charge >= 0.3 is 10.4 Å². The Balaban J connectivity index is 1.57. The summed E-state index contributed by atoms with van der Waals surface area (Å²) in [5.41, 5.74) is 1.63. The average molecular weight is 473 g/mol. The van der Waals surface area contributed by atoms with Crippen molar-refractivity contribution in [3.63, 3.8) is 0 Å². The molecular formula is C17H30N9O5S+. The summed E-state index contributed by atoms with van der Waals surface area (Å²) in [5, 5.41) is 31.7. The van der Waals surface area contributed by atoms with Crippen molar-refractivity contribution in [1.82, 2.24) is 24.9 Å². The van der Waals surface area contributed by atoms with E-state index in [9.17, 15) is 8.42 Å². The van der Waals surface area contributed by atoms with Crippen LogP contribution in [0.1, 0.15) is 26.5 Å². The first-order valence-electron chi connectivity index (χ1n) is 10.2. The molecule has 178 valence electrons. The number of azo groups is 2. The van der Waals surface area contributed by atoms with Gasteiger partial charge in [-0.3, -0.25) is 14.5 Å². The summed E-state index contributed by atoms with van der Waals surface area (Å²) in [6.07, 6.45) is 3.82. The quantitative estimate of drug-likeness (QED) is 0.316. The number of aliphatic hydroxyl groups is 1. The van der Waals surface area contributed by atoms with Crippen molar-refractivity contribution in [2.75, 3.05) is 39.4 Å². The molecule has 0 bridgehead atoms. The van der Waals surface area contributed by atoms with E-state index in [2.05, 4.69) is 55.6 Å². The zero-order chi connectivity index (χ0) is 23.4. The van der Waals surface area contributed by atoms with E-state index in [1.165, 1.54) is 0 Å². The molecule has 2 aliphatic rings. The average Bonchev–Trinajstić information content (AvgIpc) is 3.25. The third kappa shape index (κ3) is 7.37. The lowest BCUT2D eigenvalue weighted by molar-refractivity contribution is -0.614. The van der Waals surface area contributed by atoms with Crippen molar-refractivity contribution in [3.8, 4) is 0 Å². The monoisotopic (exact) mass is 472 g/mol. The minimum absolute atomic E-state index is 0.0134. The fourth-order valence-electron chi connectivity index (χ4n) is 3.20. The Bertz CT molecular complexity index is 983. The predicted molar refractivity (Wildman–Crippen MR) is 111 cm³/mol. The highest BCUT2D eigenvalue weighted by molar-refractivity contribution is 7.80. The second-order valence-corrected chi connectivity index (χ2v) is 9.71. The summed E-state index contributed by atoms with van der Waals surface area (Å²) in [5.74, 6) is 0. The maximum Gasteiger partial charge on any atom is 0.397 e. The molecule has 3 heterocycles. The smallest absolute Gasteiger partial charge is 0.394 e. The molecule has 15 heteroatoms. The van der Waals surface area contributed by atoms with E-state index in [0.717, 1.165) is 11.4 Å². The van der Waals surface area contributed by atoms with E-state index in [0.29, 0.717) is 32.7 Å². The van der Waals surface area contributed by atoms with Gasteiger partial charge in [-0.05, 0) is 0 Å². The first kappa shape index (κ1) is 24.3. The molecule has 0 spiro atoms. The third-order valence-electron chi connectivity index (χ3n) is 4.69. The van der Waals surface area contributed by atoms with E-state index in [4.69, 9.17) is 9.66 Å². The van der Waals surface area contributed by atoms with Gasteiger partial charge in [-0.1, -0.05) is 15.1 Å². The van der Waals surface area contributed by atoms with Crippen LogP contribution in [0.4, 0.5) is 0 Å². The number of aromatic nitrogens is 3. The predicted octanol–water partition coefficient (Wildman–Crippen LogP) is 0.0614. The topological polar surface area (TPSA) is 161 Å². The minimum Gasteiger partial charge on any atom is -0.394 e. The van der Waals surface area contributed by atoms with Crippen molar-refractivity contribution in [3.05, 3.63) is 23.8 Å². The SMILES string of the molecule is CC(C)(C)[N+]1=NC(CN(Cc2cn(CCO)nn2)CC2CN(CCOS(=O)(=O)O)N=N2)=C1. The third-order valence-corrected chi connectivity index (χ3v) is 5.16. The van der Waals surface area contributed by atoms with Crippen molar-refractivity contribution >= 4 is 10.4 Å². The van der Waals surface area contributed by atoms with Crippen LogP contribution in [-0.2, 0) is 27.7 Å². The molecule has 1 unspecified atom stereocenters. The summed E-state index contributed by atoms with van der Waals surface area (Å²) in [6.45, 7) is 8.78. The van der Waals surface area contributed by atoms with Gasteiger partial charge in [0.1, 0.15) is 6.04 Å². The molecule has 1 aromatic heterocycles. The van der Waals surface area contributed by atoms with Gasteiger partial charge < -0.3 is 5.11 Å². The summed E-state index contributed by atoms with van der Waals surface area (Å²) in [6, 6.07) is -0.132. The van der Waals surface area contributed by atoms with Crippen LogP contribution in [0.3, 0.4) is 0 Å². The second kappa shape index (κ2) is 10.1. The molecular weight excluding hydrogens is 442 g/mol. The maximum absolute atomic E-state index is 10.7.